The van der Waals surface area contributed by atoms with Crippen LogP contribution >= 0.6 is 0 Å². The SMILES string of the molecule is Cc1cc(C(=O)N2CC[C@@H](Oc3ccccn3)[C@H]3OCC[C@@H]32)on1.O=C(O)C(F)(F)F. The molecule has 168 valence electrons. The number of likely N-dealkylation sites (tertiary alicyclic amines) is 1. The molecule has 2 aliphatic rings. The van der Waals surface area contributed by atoms with Gasteiger partial charge in [0, 0.05) is 37.9 Å². The molecule has 2 aromatic rings. The molecule has 2 saturated heterocycles. The van der Waals surface area contributed by atoms with Gasteiger partial charge in [0.2, 0.25) is 11.6 Å². The molecule has 4 heterocycles. The van der Waals surface area contributed by atoms with Crippen molar-refractivity contribution in [3.05, 3.63) is 41.9 Å². The molecule has 2 aromatic heterocycles. The summed E-state index contributed by atoms with van der Waals surface area (Å²) in [6.45, 7) is 3.02. The van der Waals surface area contributed by atoms with Gasteiger partial charge in [0.15, 0.2) is 0 Å². The van der Waals surface area contributed by atoms with Gasteiger partial charge in [-0.1, -0.05) is 11.2 Å². The van der Waals surface area contributed by atoms with Crippen molar-refractivity contribution in [2.45, 2.75) is 44.2 Å². The number of nitrogens with zero attached hydrogens (tertiary/aromatic N) is 3. The van der Waals surface area contributed by atoms with Gasteiger partial charge >= 0.3 is 12.1 Å². The maximum atomic E-state index is 12.7. The molecule has 3 atom stereocenters. The van der Waals surface area contributed by atoms with E-state index in [9.17, 15) is 18.0 Å². The fourth-order valence-corrected chi connectivity index (χ4v) is 3.44. The lowest BCUT2D eigenvalue weighted by Crippen LogP contribution is -2.56. The van der Waals surface area contributed by atoms with Crippen molar-refractivity contribution in [2.24, 2.45) is 0 Å². The molecule has 0 aromatic carbocycles. The summed E-state index contributed by atoms with van der Waals surface area (Å²) in [4.78, 5) is 27.6. The first-order valence-electron chi connectivity index (χ1n) is 9.40. The third kappa shape index (κ3) is 5.51. The number of pyridine rings is 1. The number of amides is 1. The molecule has 0 saturated carbocycles. The highest BCUT2D eigenvalue weighted by atomic mass is 19.4. The molecule has 0 radical (unpaired) electrons. The van der Waals surface area contributed by atoms with Crippen LogP contribution in [-0.4, -0.2) is 69.6 Å². The van der Waals surface area contributed by atoms with Gasteiger partial charge in [0.05, 0.1) is 11.7 Å². The van der Waals surface area contributed by atoms with Crippen molar-refractivity contribution in [2.75, 3.05) is 13.2 Å². The Morgan fingerprint density at radius 3 is 2.61 bits per heavy atom. The van der Waals surface area contributed by atoms with Crippen molar-refractivity contribution in [3.63, 3.8) is 0 Å². The average molecular weight is 443 g/mol. The Kier molecular flexibility index (Phi) is 6.78. The van der Waals surface area contributed by atoms with E-state index in [0.717, 1.165) is 6.42 Å². The van der Waals surface area contributed by atoms with Gasteiger partial charge in [-0.05, 0) is 19.4 Å². The van der Waals surface area contributed by atoms with Crippen molar-refractivity contribution < 1.29 is 41.9 Å². The lowest BCUT2D eigenvalue weighted by Gasteiger charge is -2.40. The first-order chi connectivity index (χ1) is 14.7. The number of carboxylic acids is 1. The summed E-state index contributed by atoms with van der Waals surface area (Å²) in [6.07, 6.45) is -2.14. The van der Waals surface area contributed by atoms with E-state index in [0.29, 0.717) is 31.1 Å². The van der Waals surface area contributed by atoms with Crippen LogP contribution in [0.15, 0.2) is 35.0 Å². The molecule has 9 nitrogen and oxygen atoms in total. The summed E-state index contributed by atoms with van der Waals surface area (Å²) in [7, 11) is 0. The maximum Gasteiger partial charge on any atom is 0.490 e. The highest BCUT2D eigenvalue weighted by molar-refractivity contribution is 5.91. The number of hydrogen-bond donors (Lipinski definition) is 1. The zero-order valence-electron chi connectivity index (χ0n) is 16.4. The molecule has 1 N–H and O–H groups in total. The highest BCUT2D eigenvalue weighted by Gasteiger charge is 2.46. The summed E-state index contributed by atoms with van der Waals surface area (Å²) >= 11 is 0. The second-order valence-electron chi connectivity index (χ2n) is 6.94. The summed E-state index contributed by atoms with van der Waals surface area (Å²) in [6, 6.07) is 7.23. The number of aliphatic carboxylic acids is 1. The Labute approximate surface area is 174 Å². The van der Waals surface area contributed by atoms with E-state index in [4.69, 9.17) is 23.9 Å². The van der Waals surface area contributed by atoms with Crippen molar-refractivity contribution in [1.29, 1.82) is 0 Å². The van der Waals surface area contributed by atoms with Gasteiger partial charge in [-0.15, -0.1) is 0 Å². The number of carbonyl (C=O) groups is 2. The molecule has 4 rings (SSSR count). The lowest BCUT2D eigenvalue weighted by atomic mass is 9.95. The topological polar surface area (TPSA) is 115 Å². The van der Waals surface area contributed by atoms with Crippen LogP contribution in [0.2, 0.25) is 0 Å². The molecule has 31 heavy (non-hydrogen) atoms. The van der Waals surface area contributed by atoms with Crippen LogP contribution in [0.4, 0.5) is 13.2 Å². The highest BCUT2D eigenvalue weighted by Crippen LogP contribution is 2.32. The lowest BCUT2D eigenvalue weighted by molar-refractivity contribution is -0.192. The van der Waals surface area contributed by atoms with Gasteiger partial charge in [0.1, 0.15) is 12.2 Å². The number of carboxylic acid groups (broad SMARTS) is 1. The average Bonchev–Trinajstić information content (AvgIpc) is 3.38. The molecule has 0 aliphatic carbocycles. The van der Waals surface area contributed by atoms with E-state index in [1.807, 2.05) is 23.1 Å². The zero-order valence-corrected chi connectivity index (χ0v) is 16.4. The summed E-state index contributed by atoms with van der Waals surface area (Å²) in [5, 5.41) is 10.9. The van der Waals surface area contributed by atoms with Crippen molar-refractivity contribution in [1.82, 2.24) is 15.0 Å². The van der Waals surface area contributed by atoms with Crippen LogP contribution in [-0.2, 0) is 9.53 Å². The number of hydrogen-bond acceptors (Lipinski definition) is 7. The Balaban J connectivity index is 0.000000339. The smallest absolute Gasteiger partial charge is 0.475 e. The van der Waals surface area contributed by atoms with E-state index < -0.39 is 12.1 Å². The van der Waals surface area contributed by atoms with Crippen LogP contribution in [0.5, 0.6) is 5.88 Å². The fourth-order valence-electron chi connectivity index (χ4n) is 3.44. The quantitative estimate of drug-likeness (QED) is 0.770. The van der Waals surface area contributed by atoms with E-state index in [2.05, 4.69) is 10.1 Å². The Hall–Kier alpha value is -3.15. The minimum Gasteiger partial charge on any atom is -0.475 e. The summed E-state index contributed by atoms with van der Waals surface area (Å²) < 4.78 is 48.7. The van der Waals surface area contributed by atoms with Crippen LogP contribution in [0.3, 0.4) is 0 Å². The molecule has 2 aliphatic heterocycles. The maximum absolute atomic E-state index is 12.7. The monoisotopic (exact) mass is 443 g/mol. The number of ether oxygens (including phenoxy) is 2. The second-order valence-corrected chi connectivity index (χ2v) is 6.94. The normalized spacial score (nSPS) is 22.8. The van der Waals surface area contributed by atoms with E-state index in [-0.39, 0.29) is 29.9 Å². The van der Waals surface area contributed by atoms with Crippen molar-refractivity contribution in [3.8, 4) is 5.88 Å². The predicted molar refractivity (Wildman–Crippen MR) is 97.4 cm³/mol. The molecule has 1 amide bonds. The van der Waals surface area contributed by atoms with Gasteiger partial charge in [-0.2, -0.15) is 13.2 Å². The number of piperidine rings is 1. The molecule has 2 fully saturated rings. The van der Waals surface area contributed by atoms with Crippen LogP contribution in [0, 0.1) is 6.92 Å². The number of aromatic nitrogens is 2. The van der Waals surface area contributed by atoms with Crippen LogP contribution in [0.1, 0.15) is 29.1 Å². The van der Waals surface area contributed by atoms with Gasteiger partial charge in [-0.3, -0.25) is 4.79 Å². The van der Waals surface area contributed by atoms with E-state index >= 15 is 0 Å². The number of fused-ring (bicyclic) bond motifs is 1. The van der Waals surface area contributed by atoms with Crippen LogP contribution in [0.25, 0.3) is 0 Å². The number of rotatable bonds is 3. The number of halogens is 3. The van der Waals surface area contributed by atoms with Crippen molar-refractivity contribution >= 4 is 11.9 Å². The molecule has 0 spiro atoms. The third-order valence-corrected chi connectivity index (χ3v) is 4.78. The second kappa shape index (κ2) is 9.33. The first-order valence-corrected chi connectivity index (χ1v) is 9.40. The summed E-state index contributed by atoms with van der Waals surface area (Å²) in [5.41, 5.74) is 0.700. The Morgan fingerprint density at radius 2 is 2.03 bits per heavy atom. The largest absolute Gasteiger partial charge is 0.490 e. The molecular weight excluding hydrogens is 423 g/mol. The predicted octanol–water partition coefficient (Wildman–Crippen LogP) is 2.46. The zero-order chi connectivity index (χ0) is 22.6. The number of alkyl halides is 3. The molecule has 0 unspecified atom stereocenters. The Bertz CT molecular complexity index is 905. The standard InChI is InChI=1S/C17H19N3O4.C2HF3O2/c1-11-10-14(24-19-11)17(21)20-8-5-13(16-12(20)6-9-22-16)23-15-4-2-3-7-18-15;3-2(4,5)1(6)7/h2-4,7,10,12-13,16H,5-6,8-9H2,1H3;(H,6,7)/t12-,13+,16-;/m0./s1. The minimum absolute atomic E-state index is 0.00892. The Morgan fingerprint density at radius 1 is 1.29 bits per heavy atom. The van der Waals surface area contributed by atoms with Crippen LogP contribution < -0.4 is 4.74 Å². The fraction of sp³-hybridized carbons (Fsp3) is 0.474. The molecule has 12 heteroatoms. The molecule has 0 bridgehead atoms. The van der Waals surface area contributed by atoms with Gasteiger partial charge in [-0.25, -0.2) is 9.78 Å². The number of aryl methyl sites for hydroxylation is 1. The first kappa shape index (κ1) is 22.5. The van der Waals surface area contributed by atoms with E-state index in [1.165, 1.54) is 0 Å². The molecular formula is C19H20F3N3O6. The minimum atomic E-state index is -5.08. The van der Waals surface area contributed by atoms with E-state index in [1.54, 1.807) is 19.2 Å². The summed E-state index contributed by atoms with van der Waals surface area (Å²) in [5.74, 6) is -2.02. The number of carbonyl (C=O) groups excluding carboxylic acids is 1. The third-order valence-electron chi connectivity index (χ3n) is 4.78. The van der Waals surface area contributed by atoms with Gasteiger partial charge in [0.25, 0.3) is 5.91 Å². The van der Waals surface area contributed by atoms with Gasteiger partial charge < -0.3 is 24.0 Å².